The molecule has 0 aliphatic heterocycles. The Kier molecular flexibility index (Phi) is 4.01. The van der Waals surface area contributed by atoms with Gasteiger partial charge in [0.15, 0.2) is 12.7 Å². The molecule has 15 heavy (non-hydrogen) atoms. The van der Waals surface area contributed by atoms with E-state index >= 15 is 0 Å². The molecule has 1 aliphatic carbocycles. The van der Waals surface area contributed by atoms with Crippen LogP contribution >= 0.6 is 11.6 Å². The lowest BCUT2D eigenvalue weighted by atomic mass is 10.0. The van der Waals surface area contributed by atoms with E-state index in [1.807, 2.05) is 12.1 Å². The van der Waals surface area contributed by atoms with Gasteiger partial charge in [-0.15, -0.1) is 0 Å². The third-order valence-corrected chi connectivity index (χ3v) is 3.66. The molecule has 0 unspecified atom stereocenters. The maximum atomic E-state index is 6.15. The maximum Gasteiger partial charge on any atom is 0.274 e. The summed E-state index contributed by atoms with van der Waals surface area (Å²) in [4.78, 5) is 0. The summed E-state index contributed by atoms with van der Waals surface area (Å²) in [7, 11) is 0. The van der Waals surface area contributed by atoms with Crippen LogP contribution in [0.4, 0.5) is 0 Å². The summed E-state index contributed by atoms with van der Waals surface area (Å²) in [5.41, 5.74) is 0. The predicted octanol–water partition coefficient (Wildman–Crippen LogP) is 3.60. The Morgan fingerprint density at radius 2 is 1.87 bits per heavy atom. The highest BCUT2D eigenvalue weighted by molar-refractivity contribution is 6.28. The first kappa shape index (κ1) is 10.9. The molecule has 0 saturated heterocycles. The molecule has 82 valence electrons. The fourth-order valence-corrected chi connectivity index (χ4v) is 2.63. The number of hydrogen-bond acceptors (Lipinski definition) is 0. The Balaban J connectivity index is 1.98. The summed E-state index contributed by atoms with van der Waals surface area (Å²) >= 11 is 6.15. The largest absolute Gasteiger partial charge is 0.274 e. The van der Waals surface area contributed by atoms with Crippen molar-refractivity contribution >= 4 is 11.6 Å². The number of hydrogen-bond donors (Lipinski definition) is 0. The fraction of sp³-hybridized carbons (Fsp3) is 0.615. The molecule has 0 bridgehead atoms. The molecule has 1 heterocycles. The second-order valence-corrected chi connectivity index (χ2v) is 4.92. The molecule has 0 radical (unpaired) electrons. The Morgan fingerprint density at radius 1 is 1.13 bits per heavy atom. The first-order valence-corrected chi connectivity index (χ1v) is 6.38. The van der Waals surface area contributed by atoms with Gasteiger partial charge in [0.05, 0.1) is 0 Å². The molecule has 0 aromatic carbocycles. The van der Waals surface area contributed by atoms with E-state index in [0.29, 0.717) is 0 Å². The molecule has 2 rings (SSSR count). The molecule has 1 nitrogen and oxygen atoms in total. The van der Waals surface area contributed by atoms with Crippen LogP contribution in [-0.2, 0) is 6.54 Å². The quantitative estimate of drug-likeness (QED) is 0.411. The Bertz CT molecular complexity index is 303. The van der Waals surface area contributed by atoms with Crippen molar-refractivity contribution in [1.29, 1.82) is 0 Å². The standard InChI is InChI=1S/C13H19ClN/c14-13-9-5-6-10-15(13)11-12-7-3-1-2-4-8-12/h5-6,9-10,12H,1-4,7-8,11H2/q+1. The zero-order chi connectivity index (χ0) is 10.5. The van der Waals surface area contributed by atoms with E-state index < -0.39 is 0 Å². The molecular weight excluding hydrogens is 206 g/mol. The minimum absolute atomic E-state index is 0.831. The molecule has 0 spiro atoms. The molecule has 1 aromatic heterocycles. The van der Waals surface area contributed by atoms with E-state index in [1.54, 1.807) is 0 Å². The zero-order valence-corrected chi connectivity index (χ0v) is 9.92. The van der Waals surface area contributed by atoms with E-state index in [9.17, 15) is 0 Å². The van der Waals surface area contributed by atoms with Gasteiger partial charge in [-0.2, -0.15) is 4.57 Å². The van der Waals surface area contributed by atoms with Gasteiger partial charge in [-0.1, -0.05) is 25.7 Å². The molecular formula is C13H19ClN+. The van der Waals surface area contributed by atoms with E-state index in [2.05, 4.69) is 16.8 Å². The second kappa shape index (κ2) is 5.50. The van der Waals surface area contributed by atoms with E-state index in [1.165, 1.54) is 38.5 Å². The highest BCUT2D eigenvalue weighted by Gasteiger charge is 2.18. The molecule has 2 heteroatoms. The normalized spacial score (nSPS) is 18.7. The lowest BCUT2D eigenvalue weighted by Crippen LogP contribution is -2.38. The molecule has 1 fully saturated rings. The van der Waals surface area contributed by atoms with Crippen LogP contribution in [0.3, 0.4) is 0 Å². The van der Waals surface area contributed by atoms with E-state index in [0.717, 1.165) is 17.6 Å². The van der Waals surface area contributed by atoms with Gasteiger partial charge in [-0.3, -0.25) is 0 Å². The lowest BCUT2D eigenvalue weighted by Gasteiger charge is -2.10. The van der Waals surface area contributed by atoms with Crippen molar-refractivity contribution in [3.63, 3.8) is 0 Å². The SMILES string of the molecule is Clc1cccc[n+]1CC1CCCCCC1. The molecule has 1 aromatic rings. The van der Waals surface area contributed by atoms with Crippen LogP contribution in [0.2, 0.25) is 5.15 Å². The van der Waals surface area contributed by atoms with Crippen LogP contribution in [0.25, 0.3) is 0 Å². The maximum absolute atomic E-state index is 6.15. The van der Waals surface area contributed by atoms with Crippen molar-refractivity contribution in [2.24, 2.45) is 5.92 Å². The second-order valence-electron chi connectivity index (χ2n) is 4.53. The van der Waals surface area contributed by atoms with Gasteiger partial charge in [-0.05, 0) is 30.5 Å². The fourth-order valence-electron chi connectivity index (χ4n) is 2.43. The number of pyridine rings is 1. The van der Waals surface area contributed by atoms with Crippen LogP contribution in [0.15, 0.2) is 24.4 Å². The van der Waals surface area contributed by atoms with Crippen LogP contribution in [-0.4, -0.2) is 0 Å². The summed E-state index contributed by atoms with van der Waals surface area (Å²) in [6.07, 6.45) is 10.5. The number of halogens is 1. The highest BCUT2D eigenvalue weighted by atomic mass is 35.5. The van der Waals surface area contributed by atoms with Crippen LogP contribution in [0.5, 0.6) is 0 Å². The summed E-state index contributed by atoms with van der Waals surface area (Å²) in [5, 5.41) is 0.863. The van der Waals surface area contributed by atoms with Crippen molar-refractivity contribution in [3.05, 3.63) is 29.5 Å². The predicted molar refractivity (Wildman–Crippen MR) is 62.8 cm³/mol. The topological polar surface area (TPSA) is 3.88 Å². The number of nitrogens with zero attached hydrogens (tertiary/aromatic N) is 1. The van der Waals surface area contributed by atoms with Gasteiger partial charge in [0, 0.05) is 18.1 Å². The smallest absolute Gasteiger partial charge is 0.188 e. The van der Waals surface area contributed by atoms with Crippen molar-refractivity contribution in [3.8, 4) is 0 Å². The summed E-state index contributed by atoms with van der Waals surface area (Å²) in [6.45, 7) is 1.10. The Labute approximate surface area is 97.1 Å². The first-order chi connectivity index (χ1) is 7.36. The Hall–Kier alpha value is -0.560. The average Bonchev–Trinajstić information content (AvgIpc) is 2.50. The average molecular weight is 225 g/mol. The minimum atomic E-state index is 0.831. The molecule has 1 saturated carbocycles. The van der Waals surface area contributed by atoms with Crippen molar-refractivity contribution in [1.82, 2.24) is 0 Å². The number of aromatic nitrogens is 1. The van der Waals surface area contributed by atoms with Gasteiger partial charge < -0.3 is 0 Å². The minimum Gasteiger partial charge on any atom is -0.188 e. The molecule has 0 atom stereocenters. The Morgan fingerprint density at radius 3 is 2.53 bits per heavy atom. The van der Waals surface area contributed by atoms with Crippen molar-refractivity contribution in [2.45, 2.75) is 45.1 Å². The molecule has 0 N–H and O–H groups in total. The van der Waals surface area contributed by atoms with Gasteiger partial charge >= 0.3 is 0 Å². The van der Waals surface area contributed by atoms with Crippen molar-refractivity contribution in [2.75, 3.05) is 0 Å². The first-order valence-electron chi connectivity index (χ1n) is 6.00. The van der Waals surface area contributed by atoms with Gasteiger partial charge in [0.2, 0.25) is 0 Å². The van der Waals surface area contributed by atoms with Crippen LogP contribution < -0.4 is 4.57 Å². The van der Waals surface area contributed by atoms with Crippen molar-refractivity contribution < 1.29 is 4.57 Å². The lowest BCUT2D eigenvalue weighted by molar-refractivity contribution is -0.701. The van der Waals surface area contributed by atoms with Crippen LogP contribution in [0, 0.1) is 5.92 Å². The highest BCUT2D eigenvalue weighted by Crippen LogP contribution is 2.23. The summed E-state index contributed by atoms with van der Waals surface area (Å²) < 4.78 is 2.18. The van der Waals surface area contributed by atoms with E-state index in [-0.39, 0.29) is 0 Å². The molecule has 1 aliphatic rings. The zero-order valence-electron chi connectivity index (χ0n) is 9.16. The monoisotopic (exact) mass is 224 g/mol. The van der Waals surface area contributed by atoms with Gasteiger partial charge in [-0.25, -0.2) is 0 Å². The number of rotatable bonds is 2. The van der Waals surface area contributed by atoms with Gasteiger partial charge in [0.1, 0.15) is 0 Å². The van der Waals surface area contributed by atoms with Gasteiger partial charge in [0.25, 0.3) is 5.15 Å². The van der Waals surface area contributed by atoms with Crippen LogP contribution in [0.1, 0.15) is 38.5 Å². The summed E-state index contributed by atoms with van der Waals surface area (Å²) in [6, 6.07) is 6.02. The third kappa shape index (κ3) is 3.20. The third-order valence-electron chi connectivity index (χ3n) is 3.31. The van der Waals surface area contributed by atoms with E-state index in [4.69, 9.17) is 11.6 Å². The summed E-state index contributed by atoms with van der Waals surface area (Å²) in [5.74, 6) is 0.831. The molecule has 0 amide bonds.